The number of benzene rings is 1. The number of nitrogens with one attached hydrogen (secondary N) is 1. The van der Waals surface area contributed by atoms with Crippen LogP contribution in [0.4, 0.5) is 0 Å². The van der Waals surface area contributed by atoms with Gasteiger partial charge in [-0.25, -0.2) is 0 Å². The van der Waals surface area contributed by atoms with Crippen molar-refractivity contribution in [3.8, 4) is 5.75 Å². The van der Waals surface area contributed by atoms with Crippen LogP contribution in [0.15, 0.2) is 34.7 Å². The van der Waals surface area contributed by atoms with Crippen LogP contribution >= 0.6 is 0 Å². The van der Waals surface area contributed by atoms with E-state index in [1.165, 1.54) is 0 Å². The quantitative estimate of drug-likeness (QED) is 0.803. The molecule has 1 heterocycles. The molecule has 0 bridgehead atoms. The van der Waals surface area contributed by atoms with Gasteiger partial charge in [0.05, 0.1) is 5.92 Å². The maximum Gasteiger partial charge on any atom is 0.308 e. The van der Waals surface area contributed by atoms with Crippen LogP contribution in [0, 0.1) is 19.8 Å². The van der Waals surface area contributed by atoms with Gasteiger partial charge in [-0.3, -0.25) is 9.59 Å². The smallest absolute Gasteiger partial charge is 0.308 e. The third kappa shape index (κ3) is 4.86. The zero-order valence-electron chi connectivity index (χ0n) is 14.8. The molecule has 0 fully saturated rings. The number of hydrogen-bond acceptors (Lipinski definition) is 4. The van der Waals surface area contributed by atoms with Crippen LogP contribution in [0.5, 0.6) is 5.75 Å². The summed E-state index contributed by atoms with van der Waals surface area (Å²) in [6, 6.07) is 8.61. The Morgan fingerprint density at radius 2 is 1.92 bits per heavy atom. The van der Waals surface area contributed by atoms with E-state index in [1.54, 1.807) is 26.0 Å². The van der Waals surface area contributed by atoms with E-state index in [1.807, 2.05) is 32.0 Å². The van der Waals surface area contributed by atoms with Crippen LogP contribution in [0.25, 0.3) is 0 Å². The highest BCUT2D eigenvalue weighted by Gasteiger charge is 2.22. The van der Waals surface area contributed by atoms with E-state index in [9.17, 15) is 9.59 Å². The fourth-order valence-corrected chi connectivity index (χ4v) is 2.30. The Morgan fingerprint density at radius 1 is 1.20 bits per heavy atom. The van der Waals surface area contributed by atoms with Crippen LogP contribution in [-0.4, -0.2) is 23.0 Å². The minimum absolute atomic E-state index is 0.128. The molecule has 25 heavy (non-hydrogen) atoms. The Morgan fingerprint density at radius 3 is 2.56 bits per heavy atom. The lowest BCUT2D eigenvalue weighted by Gasteiger charge is -2.16. The number of carboxylic acid groups (broad SMARTS) is 1. The van der Waals surface area contributed by atoms with Gasteiger partial charge in [0.15, 0.2) is 5.76 Å². The maximum atomic E-state index is 12.1. The number of ether oxygens (including phenoxy) is 1. The van der Waals surface area contributed by atoms with Crippen LogP contribution < -0.4 is 10.1 Å². The third-order valence-corrected chi connectivity index (χ3v) is 4.08. The van der Waals surface area contributed by atoms with Gasteiger partial charge < -0.3 is 19.6 Å². The highest BCUT2D eigenvalue weighted by atomic mass is 16.5. The van der Waals surface area contributed by atoms with Crippen molar-refractivity contribution >= 4 is 11.9 Å². The van der Waals surface area contributed by atoms with E-state index in [2.05, 4.69) is 5.32 Å². The molecule has 0 aliphatic rings. The predicted octanol–water partition coefficient (Wildman–Crippen LogP) is 3.31. The summed E-state index contributed by atoms with van der Waals surface area (Å²) in [5.41, 5.74) is 2.19. The average Bonchev–Trinajstić information content (AvgIpc) is 3.02. The van der Waals surface area contributed by atoms with Gasteiger partial charge in [0.25, 0.3) is 5.91 Å². The summed E-state index contributed by atoms with van der Waals surface area (Å²) < 4.78 is 11.2. The van der Waals surface area contributed by atoms with Crippen molar-refractivity contribution in [3.05, 3.63) is 53.0 Å². The molecule has 2 N–H and O–H groups in total. The second-order valence-electron chi connectivity index (χ2n) is 6.21. The van der Waals surface area contributed by atoms with Crippen molar-refractivity contribution in [2.75, 3.05) is 0 Å². The Labute approximate surface area is 146 Å². The van der Waals surface area contributed by atoms with Gasteiger partial charge >= 0.3 is 5.97 Å². The Balaban J connectivity index is 1.95. The highest BCUT2D eigenvalue weighted by Crippen LogP contribution is 2.20. The number of aliphatic carboxylic acids is 1. The molecule has 6 heteroatoms. The number of aryl methyl sites for hydroxylation is 2. The average molecular weight is 345 g/mol. The second-order valence-corrected chi connectivity index (χ2v) is 6.21. The zero-order chi connectivity index (χ0) is 18.6. The highest BCUT2D eigenvalue weighted by molar-refractivity contribution is 5.92. The number of hydrogen-bond donors (Lipinski definition) is 2. The first-order valence-corrected chi connectivity index (χ1v) is 8.10. The molecule has 2 rings (SSSR count). The summed E-state index contributed by atoms with van der Waals surface area (Å²) in [7, 11) is 0. The van der Waals surface area contributed by atoms with E-state index in [0.29, 0.717) is 5.76 Å². The summed E-state index contributed by atoms with van der Waals surface area (Å²) in [4.78, 5) is 23.1. The maximum absolute atomic E-state index is 12.1. The van der Waals surface area contributed by atoms with Gasteiger partial charge in [-0.1, -0.05) is 17.7 Å². The van der Waals surface area contributed by atoms with Gasteiger partial charge in [0.1, 0.15) is 18.1 Å². The number of rotatable bonds is 7. The molecule has 2 unspecified atom stereocenters. The first-order valence-electron chi connectivity index (χ1n) is 8.10. The summed E-state index contributed by atoms with van der Waals surface area (Å²) in [5, 5.41) is 11.6. The lowest BCUT2D eigenvalue weighted by atomic mass is 10.0. The molecule has 0 aliphatic carbocycles. The van der Waals surface area contributed by atoms with Crippen LogP contribution in [0.2, 0.25) is 0 Å². The summed E-state index contributed by atoms with van der Waals surface area (Å²) in [5.74, 6) is -0.691. The van der Waals surface area contributed by atoms with Crippen molar-refractivity contribution in [1.29, 1.82) is 0 Å². The van der Waals surface area contributed by atoms with Crippen molar-refractivity contribution in [2.24, 2.45) is 5.92 Å². The van der Waals surface area contributed by atoms with Crippen LogP contribution in [0.3, 0.4) is 0 Å². The molecule has 1 aromatic carbocycles. The molecule has 0 saturated heterocycles. The molecular formula is C19H23NO5. The van der Waals surface area contributed by atoms with Gasteiger partial charge in [-0.15, -0.1) is 0 Å². The van der Waals surface area contributed by atoms with Crippen LogP contribution in [0.1, 0.15) is 41.3 Å². The third-order valence-electron chi connectivity index (χ3n) is 4.08. The Kier molecular flexibility index (Phi) is 5.85. The largest absolute Gasteiger partial charge is 0.485 e. The standard InChI is InChI=1S/C19H23NO5/c1-11-5-7-16(12(2)9-11)24-10-15-6-8-17(25-15)18(21)20-14(4)13(3)19(22)23/h5-9,13-14H,10H2,1-4H3,(H,20,21)(H,22,23). The molecule has 0 aliphatic heterocycles. The van der Waals surface area contributed by atoms with Crippen molar-refractivity contribution in [3.63, 3.8) is 0 Å². The van der Waals surface area contributed by atoms with Crippen molar-refractivity contribution < 1.29 is 23.8 Å². The summed E-state index contributed by atoms with van der Waals surface area (Å²) in [6.45, 7) is 7.37. The molecule has 1 aromatic heterocycles. The Hall–Kier alpha value is -2.76. The fraction of sp³-hybridized carbons (Fsp3) is 0.368. The number of amides is 1. The van der Waals surface area contributed by atoms with E-state index in [0.717, 1.165) is 16.9 Å². The number of furan rings is 1. The van der Waals surface area contributed by atoms with Crippen molar-refractivity contribution in [2.45, 2.75) is 40.3 Å². The number of carbonyl (C=O) groups is 2. The van der Waals surface area contributed by atoms with E-state index < -0.39 is 23.8 Å². The molecule has 0 saturated carbocycles. The molecule has 2 atom stereocenters. The predicted molar refractivity (Wildman–Crippen MR) is 92.7 cm³/mol. The molecule has 0 spiro atoms. The topological polar surface area (TPSA) is 88.8 Å². The molecule has 2 aromatic rings. The molecular weight excluding hydrogens is 322 g/mol. The minimum atomic E-state index is -0.963. The minimum Gasteiger partial charge on any atom is -0.485 e. The van der Waals surface area contributed by atoms with E-state index in [-0.39, 0.29) is 12.4 Å². The van der Waals surface area contributed by atoms with Crippen molar-refractivity contribution in [1.82, 2.24) is 5.32 Å². The number of carbonyl (C=O) groups excluding carboxylic acids is 1. The molecule has 1 amide bonds. The fourth-order valence-electron chi connectivity index (χ4n) is 2.30. The monoisotopic (exact) mass is 345 g/mol. The van der Waals surface area contributed by atoms with E-state index >= 15 is 0 Å². The first kappa shape index (κ1) is 18.6. The first-order chi connectivity index (χ1) is 11.8. The van der Waals surface area contributed by atoms with Gasteiger partial charge in [0.2, 0.25) is 0 Å². The molecule has 6 nitrogen and oxygen atoms in total. The molecule has 0 radical (unpaired) electrons. The zero-order valence-corrected chi connectivity index (χ0v) is 14.8. The normalized spacial score (nSPS) is 13.1. The van der Waals surface area contributed by atoms with Crippen LogP contribution in [-0.2, 0) is 11.4 Å². The SMILES string of the molecule is Cc1ccc(OCc2ccc(C(=O)NC(C)C(C)C(=O)O)o2)c(C)c1. The van der Waals surface area contributed by atoms with E-state index in [4.69, 9.17) is 14.3 Å². The lowest BCUT2D eigenvalue weighted by molar-refractivity contribution is -0.141. The van der Waals surface area contributed by atoms with Gasteiger partial charge in [0, 0.05) is 6.04 Å². The van der Waals surface area contributed by atoms with Gasteiger partial charge in [-0.05, 0) is 51.5 Å². The Bertz CT molecular complexity index is 765. The lowest BCUT2D eigenvalue weighted by Crippen LogP contribution is -2.39. The summed E-state index contributed by atoms with van der Waals surface area (Å²) in [6.07, 6.45) is 0. The number of carboxylic acids is 1. The molecule has 134 valence electrons. The van der Waals surface area contributed by atoms with Gasteiger partial charge in [-0.2, -0.15) is 0 Å². The second kappa shape index (κ2) is 7.88. The summed E-state index contributed by atoms with van der Waals surface area (Å²) >= 11 is 0.